The molecule has 1 aliphatic heterocycles. The zero-order chi connectivity index (χ0) is 19.6. The van der Waals surface area contributed by atoms with Crippen LogP contribution >= 0.6 is 0 Å². The molecule has 0 saturated carbocycles. The first-order chi connectivity index (χ1) is 13.8. The average Bonchev–Trinajstić information content (AvgIpc) is 2.74. The molecule has 1 saturated heterocycles. The number of carbonyl (C=O) groups excluding carboxylic acids is 1. The van der Waals surface area contributed by atoms with Gasteiger partial charge in [-0.2, -0.15) is 0 Å². The third-order valence-electron chi connectivity index (χ3n) is 4.99. The molecule has 4 N–H and O–H groups in total. The van der Waals surface area contributed by atoms with Crippen LogP contribution in [0.4, 0.5) is 5.69 Å². The van der Waals surface area contributed by atoms with Crippen molar-refractivity contribution in [2.75, 3.05) is 51.3 Å². The van der Waals surface area contributed by atoms with Gasteiger partial charge in [0.1, 0.15) is 31.9 Å². The van der Waals surface area contributed by atoms with E-state index in [1.807, 2.05) is 61.5 Å². The molecule has 1 atom stereocenters. The molecule has 150 valence electrons. The molecule has 1 fully saturated rings. The summed E-state index contributed by atoms with van der Waals surface area (Å²) in [6.45, 7) is 8.13. The highest BCUT2D eigenvalue weighted by atomic mass is 16.5. The molecule has 0 aliphatic carbocycles. The molecule has 0 aromatic heterocycles. The summed E-state index contributed by atoms with van der Waals surface area (Å²) in [6, 6.07) is 17.2. The zero-order valence-corrected chi connectivity index (χ0v) is 16.5. The molecular weight excluding hydrogens is 354 g/mol. The fourth-order valence-corrected chi connectivity index (χ4v) is 3.48. The Morgan fingerprint density at radius 3 is 2.61 bits per heavy atom. The van der Waals surface area contributed by atoms with Crippen LogP contribution in [-0.2, 0) is 9.53 Å². The number of anilines is 1. The lowest BCUT2D eigenvalue weighted by molar-refractivity contribution is -0.921. The van der Waals surface area contributed by atoms with Crippen molar-refractivity contribution in [2.45, 2.75) is 13.0 Å². The number of rotatable bonds is 9. The van der Waals surface area contributed by atoms with Gasteiger partial charge in [-0.1, -0.05) is 42.5 Å². The number of nitrogens with two attached hydrogens (primary N) is 1. The highest BCUT2D eigenvalue weighted by Gasteiger charge is 2.25. The first-order valence-corrected chi connectivity index (χ1v) is 10.1. The molecule has 2 aromatic carbocycles. The minimum atomic E-state index is -0.295. The number of hydrogen-bond donors (Lipinski definition) is 3. The van der Waals surface area contributed by atoms with Gasteiger partial charge in [-0.15, -0.1) is 0 Å². The van der Waals surface area contributed by atoms with Gasteiger partial charge >= 0.3 is 0 Å². The quantitative estimate of drug-likeness (QED) is 0.579. The summed E-state index contributed by atoms with van der Waals surface area (Å²) >= 11 is 0. The molecule has 28 heavy (non-hydrogen) atoms. The van der Waals surface area contributed by atoms with Crippen molar-refractivity contribution in [3.8, 4) is 5.75 Å². The second-order valence-electron chi connectivity index (χ2n) is 6.94. The van der Waals surface area contributed by atoms with E-state index in [-0.39, 0.29) is 11.9 Å². The van der Waals surface area contributed by atoms with E-state index in [1.165, 1.54) is 4.90 Å². The maximum Gasteiger partial charge on any atom is 0.287 e. The number of morpholine rings is 1. The van der Waals surface area contributed by atoms with Crippen molar-refractivity contribution in [2.24, 2.45) is 0 Å². The molecule has 6 heteroatoms. The first-order valence-electron chi connectivity index (χ1n) is 10.1. The number of ether oxygens (including phenoxy) is 2. The van der Waals surface area contributed by atoms with Gasteiger partial charge in [-0.3, -0.25) is 4.79 Å². The number of hydrogen-bond acceptors (Lipinski definition) is 3. The van der Waals surface area contributed by atoms with Crippen LogP contribution in [0.1, 0.15) is 18.5 Å². The Kier molecular flexibility index (Phi) is 7.84. The molecule has 0 spiro atoms. The molecule has 0 bridgehead atoms. The van der Waals surface area contributed by atoms with E-state index in [4.69, 9.17) is 9.47 Å². The van der Waals surface area contributed by atoms with E-state index in [1.54, 1.807) is 0 Å². The van der Waals surface area contributed by atoms with Gasteiger partial charge < -0.3 is 25.0 Å². The van der Waals surface area contributed by atoms with E-state index in [2.05, 4.69) is 10.6 Å². The minimum Gasteiger partial charge on any atom is -0.492 e. The second kappa shape index (κ2) is 10.8. The Morgan fingerprint density at radius 1 is 1.14 bits per heavy atom. The largest absolute Gasteiger partial charge is 0.492 e. The fourth-order valence-electron chi connectivity index (χ4n) is 3.48. The van der Waals surface area contributed by atoms with Crippen molar-refractivity contribution in [1.82, 2.24) is 0 Å². The summed E-state index contributed by atoms with van der Waals surface area (Å²) in [5.74, 6) is 0.665. The fraction of sp³-hybridized carbons (Fsp3) is 0.409. The number of carbonyl (C=O) groups is 1. The van der Waals surface area contributed by atoms with E-state index in [0.717, 1.165) is 45.0 Å². The van der Waals surface area contributed by atoms with E-state index in [9.17, 15) is 4.79 Å². The molecule has 2 aromatic rings. The molecule has 1 heterocycles. The van der Waals surface area contributed by atoms with Crippen LogP contribution in [0.5, 0.6) is 5.75 Å². The van der Waals surface area contributed by atoms with Crippen LogP contribution in [0, 0.1) is 0 Å². The normalized spacial score (nSPS) is 15.8. The van der Waals surface area contributed by atoms with Gasteiger partial charge in [0.2, 0.25) is 0 Å². The molecular formula is C22H31N3O3+2. The lowest BCUT2D eigenvalue weighted by Gasteiger charge is -2.24. The molecule has 1 aliphatic rings. The van der Waals surface area contributed by atoms with Crippen LogP contribution in [0.25, 0.3) is 0 Å². The standard InChI is InChI=1S/C22H29N3O3/c1-2-28-20-11-7-6-10-19(20)24-22(26)21(18-8-4-3-5-9-18)23-12-13-25-14-16-27-17-15-25/h3-11,21,23H,2,12-17H2,1H3,(H,24,26)/p+2/t21-/m1/s1. The predicted octanol–water partition coefficient (Wildman–Crippen LogP) is 0.244. The Morgan fingerprint density at radius 2 is 1.86 bits per heavy atom. The van der Waals surface area contributed by atoms with Gasteiger partial charge in [-0.05, 0) is 19.1 Å². The lowest BCUT2D eigenvalue weighted by Crippen LogP contribution is -3.16. The minimum absolute atomic E-state index is 0.0321. The van der Waals surface area contributed by atoms with Gasteiger partial charge in [-0.25, -0.2) is 0 Å². The topological polar surface area (TPSA) is 68.6 Å². The van der Waals surface area contributed by atoms with Crippen molar-refractivity contribution < 1.29 is 24.5 Å². The molecule has 6 nitrogen and oxygen atoms in total. The third-order valence-corrected chi connectivity index (χ3v) is 4.99. The number of benzene rings is 2. The Balaban J connectivity index is 1.67. The Bertz CT molecular complexity index is 733. The number of para-hydroxylation sites is 2. The predicted molar refractivity (Wildman–Crippen MR) is 109 cm³/mol. The molecule has 1 amide bonds. The first kappa shape index (κ1) is 20.3. The lowest BCUT2D eigenvalue weighted by atomic mass is 10.1. The summed E-state index contributed by atoms with van der Waals surface area (Å²) < 4.78 is 11.1. The van der Waals surface area contributed by atoms with Gasteiger partial charge in [0.15, 0.2) is 6.04 Å². The number of quaternary nitrogens is 2. The summed E-state index contributed by atoms with van der Waals surface area (Å²) in [5.41, 5.74) is 1.72. The van der Waals surface area contributed by atoms with Crippen LogP contribution in [0.3, 0.4) is 0 Å². The van der Waals surface area contributed by atoms with Crippen molar-refractivity contribution in [3.05, 3.63) is 60.2 Å². The Hall–Kier alpha value is -2.41. The third kappa shape index (κ3) is 5.79. The second-order valence-corrected chi connectivity index (χ2v) is 6.94. The Labute approximate surface area is 166 Å². The molecule has 0 radical (unpaired) electrons. The van der Waals surface area contributed by atoms with Crippen LogP contribution < -0.4 is 20.3 Å². The molecule has 3 rings (SSSR count). The highest BCUT2D eigenvalue weighted by molar-refractivity contribution is 5.95. The van der Waals surface area contributed by atoms with Gasteiger partial charge in [0, 0.05) is 5.56 Å². The number of nitrogens with one attached hydrogen (secondary N) is 2. The van der Waals surface area contributed by atoms with Crippen molar-refractivity contribution in [3.63, 3.8) is 0 Å². The van der Waals surface area contributed by atoms with Crippen molar-refractivity contribution in [1.29, 1.82) is 0 Å². The SMILES string of the molecule is CCOc1ccccc1NC(=O)[C@H]([NH2+]CC[NH+]1CCOCC1)c1ccccc1. The van der Waals surface area contributed by atoms with Crippen LogP contribution in [-0.4, -0.2) is 51.9 Å². The van der Waals surface area contributed by atoms with Gasteiger partial charge in [0.05, 0.1) is 25.5 Å². The van der Waals surface area contributed by atoms with E-state index < -0.39 is 0 Å². The summed E-state index contributed by atoms with van der Waals surface area (Å²) in [4.78, 5) is 14.7. The van der Waals surface area contributed by atoms with Crippen molar-refractivity contribution >= 4 is 11.6 Å². The van der Waals surface area contributed by atoms with Gasteiger partial charge in [0.25, 0.3) is 5.91 Å². The summed E-state index contributed by atoms with van der Waals surface area (Å²) in [5, 5.41) is 5.20. The average molecular weight is 386 g/mol. The maximum atomic E-state index is 13.1. The summed E-state index contributed by atoms with van der Waals surface area (Å²) in [6.07, 6.45) is 0. The smallest absolute Gasteiger partial charge is 0.287 e. The van der Waals surface area contributed by atoms with E-state index in [0.29, 0.717) is 18.0 Å². The monoisotopic (exact) mass is 385 g/mol. The number of amides is 1. The highest BCUT2D eigenvalue weighted by Crippen LogP contribution is 2.24. The maximum absolute atomic E-state index is 13.1. The van der Waals surface area contributed by atoms with Crippen LogP contribution in [0.2, 0.25) is 0 Å². The van der Waals surface area contributed by atoms with Crippen LogP contribution in [0.15, 0.2) is 54.6 Å². The summed E-state index contributed by atoms with van der Waals surface area (Å²) in [7, 11) is 0. The zero-order valence-electron chi connectivity index (χ0n) is 16.5. The molecule has 0 unspecified atom stereocenters. The van der Waals surface area contributed by atoms with E-state index >= 15 is 0 Å².